The topological polar surface area (TPSA) is 55.7 Å². The molecule has 140 valence electrons. The predicted octanol–water partition coefficient (Wildman–Crippen LogP) is 1.47. The minimum Gasteiger partial charge on any atom is -0.390 e. The molecule has 2 aliphatic rings. The summed E-state index contributed by atoms with van der Waals surface area (Å²) in [5.41, 5.74) is 0. The number of β-amino-alcohol motifs (C(OH)–C–C–N with tert-alkyl or cyclic N) is 1. The SMILES string of the molecule is CC1CCN(CC(O)CN(C)C2CCCN(c3cccnn3)C2)CC1. The molecule has 3 rings (SSSR count). The van der Waals surface area contributed by atoms with E-state index in [0.717, 1.165) is 57.4 Å². The Kier molecular flexibility index (Phi) is 6.62. The van der Waals surface area contributed by atoms with Crippen LogP contribution in [0.2, 0.25) is 0 Å². The van der Waals surface area contributed by atoms with Gasteiger partial charge >= 0.3 is 0 Å². The van der Waals surface area contributed by atoms with Gasteiger partial charge in [0.15, 0.2) is 5.82 Å². The van der Waals surface area contributed by atoms with Crippen molar-refractivity contribution in [1.29, 1.82) is 0 Å². The lowest BCUT2D eigenvalue weighted by molar-refractivity contribution is 0.0547. The largest absolute Gasteiger partial charge is 0.390 e. The fraction of sp³-hybridized carbons (Fsp3) is 0.789. The van der Waals surface area contributed by atoms with E-state index in [0.29, 0.717) is 6.04 Å². The van der Waals surface area contributed by atoms with Gasteiger partial charge in [0.05, 0.1) is 6.10 Å². The van der Waals surface area contributed by atoms with E-state index in [9.17, 15) is 5.11 Å². The van der Waals surface area contributed by atoms with Crippen LogP contribution in [0.4, 0.5) is 5.82 Å². The van der Waals surface area contributed by atoms with Crippen molar-refractivity contribution in [2.45, 2.75) is 44.8 Å². The molecule has 0 radical (unpaired) electrons. The molecule has 1 aromatic rings. The van der Waals surface area contributed by atoms with E-state index in [1.165, 1.54) is 19.3 Å². The number of aliphatic hydroxyl groups excluding tert-OH is 1. The molecule has 2 atom stereocenters. The molecule has 0 aromatic carbocycles. The van der Waals surface area contributed by atoms with Crippen LogP contribution in [0.25, 0.3) is 0 Å². The quantitative estimate of drug-likeness (QED) is 0.841. The molecule has 3 heterocycles. The molecule has 2 saturated heterocycles. The number of hydrogen-bond acceptors (Lipinski definition) is 6. The van der Waals surface area contributed by atoms with Crippen molar-refractivity contribution in [2.24, 2.45) is 5.92 Å². The molecule has 0 aliphatic carbocycles. The van der Waals surface area contributed by atoms with Gasteiger partial charge in [0.2, 0.25) is 0 Å². The number of likely N-dealkylation sites (N-methyl/N-ethyl adjacent to an activating group) is 1. The van der Waals surface area contributed by atoms with Gasteiger partial charge in [-0.3, -0.25) is 4.90 Å². The molecule has 1 aromatic heterocycles. The van der Waals surface area contributed by atoms with Gasteiger partial charge < -0.3 is 14.9 Å². The van der Waals surface area contributed by atoms with E-state index in [1.54, 1.807) is 6.20 Å². The van der Waals surface area contributed by atoms with Crippen LogP contribution in [0.1, 0.15) is 32.6 Å². The third-order valence-electron chi connectivity index (χ3n) is 5.75. The first-order valence-corrected chi connectivity index (χ1v) is 9.75. The summed E-state index contributed by atoms with van der Waals surface area (Å²) in [6.45, 7) is 8.13. The number of piperidine rings is 2. The van der Waals surface area contributed by atoms with E-state index in [4.69, 9.17) is 0 Å². The first kappa shape index (κ1) is 18.5. The molecule has 2 fully saturated rings. The van der Waals surface area contributed by atoms with Gasteiger partial charge in [-0.25, -0.2) is 0 Å². The Morgan fingerprint density at radius 1 is 1.28 bits per heavy atom. The second kappa shape index (κ2) is 8.92. The van der Waals surface area contributed by atoms with Crippen molar-refractivity contribution in [3.63, 3.8) is 0 Å². The summed E-state index contributed by atoms with van der Waals surface area (Å²) >= 11 is 0. The number of anilines is 1. The van der Waals surface area contributed by atoms with E-state index in [1.807, 2.05) is 12.1 Å². The Morgan fingerprint density at radius 2 is 2.08 bits per heavy atom. The third-order valence-corrected chi connectivity index (χ3v) is 5.75. The molecule has 2 aliphatic heterocycles. The second-order valence-corrected chi connectivity index (χ2v) is 7.90. The van der Waals surface area contributed by atoms with E-state index >= 15 is 0 Å². The van der Waals surface area contributed by atoms with Crippen LogP contribution >= 0.6 is 0 Å². The lowest BCUT2D eigenvalue weighted by Gasteiger charge is -2.39. The molecule has 0 spiro atoms. The predicted molar refractivity (Wildman–Crippen MR) is 101 cm³/mol. The normalized spacial score (nSPS) is 24.6. The zero-order valence-corrected chi connectivity index (χ0v) is 15.7. The van der Waals surface area contributed by atoms with Crippen molar-refractivity contribution in [3.05, 3.63) is 18.3 Å². The van der Waals surface area contributed by atoms with Gasteiger partial charge in [-0.1, -0.05) is 6.92 Å². The van der Waals surface area contributed by atoms with Crippen LogP contribution in [-0.4, -0.2) is 83.6 Å². The maximum atomic E-state index is 10.5. The van der Waals surface area contributed by atoms with Gasteiger partial charge in [0, 0.05) is 38.4 Å². The van der Waals surface area contributed by atoms with Gasteiger partial charge in [-0.2, -0.15) is 5.10 Å². The van der Waals surface area contributed by atoms with Gasteiger partial charge in [0.1, 0.15) is 0 Å². The van der Waals surface area contributed by atoms with Crippen LogP contribution < -0.4 is 4.90 Å². The molecule has 0 saturated carbocycles. The molecule has 0 amide bonds. The highest BCUT2D eigenvalue weighted by molar-refractivity contribution is 5.37. The van der Waals surface area contributed by atoms with E-state index in [2.05, 4.69) is 38.9 Å². The number of hydrogen-bond donors (Lipinski definition) is 1. The van der Waals surface area contributed by atoms with Crippen molar-refractivity contribution < 1.29 is 5.11 Å². The number of rotatable bonds is 6. The number of nitrogens with zero attached hydrogens (tertiary/aromatic N) is 5. The van der Waals surface area contributed by atoms with Gasteiger partial charge in [-0.05, 0) is 63.9 Å². The van der Waals surface area contributed by atoms with Crippen molar-refractivity contribution in [2.75, 3.05) is 51.2 Å². The van der Waals surface area contributed by atoms with Crippen LogP contribution in [0.15, 0.2) is 18.3 Å². The van der Waals surface area contributed by atoms with E-state index < -0.39 is 0 Å². The lowest BCUT2D eigenvalue weighted by Crippen LogP contribution is -2.50. The fourth-order valence-electron chi connectivity index (χ4n) is 4.07. The first-order valence-electron chi connectivity index (χ1n) is 9.75. The van der Waals surface area contributed by atoms with Crippen molar-refractivity contribution in [3.8, 4) is 0 Å². The standard InChI is InChI=1S/C19H33N5O/c1-16-7-11-23(12-8-16)15-18(25)14-22(2)17-5-4-10-24(13-17)19-6-3-9-20-21-19/h3,6,9,16-18,25H,4-5,7-8,10-15H2,1-2H3. The molecular formula is C19H33N5O. The lowest BCUT2D eigenvalue weighted by atomic mass is 9.99. The Morgan fingerprint density at radius 3 is 2.80 bits per heavy atom. The van der Waals surface area contributed by atoms with Crippen LogP contribution in [0.3, 0.4) is 0 Å². The third kappa shape index (κ3) is 5.36. The highest BCUT2D eigenvalue weighted by Gasteiger charge is 2.26. The highest BCUT2D eigenvalue weighted by Crippen LogP contribution is 2.20. The molecule has 0 bridgehead atoms. The van der Waals surface area contributed by atoms with Gasteiger partial charge in [0.25, 0.3) is 0 Å². The summed E-state index contributed by atoms with van der Waals surface area (Å²) in [4.78, 5) is 7.07. The first-order chi connectivity index (χ1) is 12.1. The summed E-state index contributed by atoms with van der Waals surface area (Å²) in [5.74, 6) is 1.80. The summed E-state index contributed by atoms with van der Waals surface area (Å²) in [7, 11) is 2.15. The number of likely N-dealkylation sites (tertiary alicyclic amines) is 1. The van der Waals surface area contributed by atoms with Crippen LogP contribution in [0, 0.1) is 5.92 Å². The molecular weight excluding hydrogens is 314 g/mol. The summed E-state index contributed by atoms with van der Waals surface area (Å²) in [6, 6.07) is 4.44. The minimum absolute atomic E-state index is 0.273. The average Bonchev–Trinajstić information content (AvgIpc) is 2.64. The highest BCUT2D eigenvalue weighted by atomic mass is 16.3. The molecule has 1 N–H and O–H groups in total. The average molecular weight is 348 g/mol. The Bertz CT molecular complexity index is 506. The minimum atomic E-state index is -0.273. The molecule has 2 unspecified atom stereocenters. The van der Waals surface area contributed by atoms with Crippen LogP contribution in [0.5, 0.6) is 0 Å². The van der Waals surface area contributed by atoms with E-state index in [-0.39, 0.29) is 6.10 Å². The monoisotopic (exact) mass is 347 g/mol. The number of aromatic nitrogens is 2. The Balaban J connectivity index is 1.46. The maximum Gasteiger partial charge on any atom is 0.151 e. The Labute approximate surface area is 151 Å². The summed E-state index contributed by atoms with van der Waals surface area (Å²) in [6.07, 6.45) is 6.31. The zero-order valence-electron chi connectivity index (χ0n) is 15.7. The molecule has 6 nitrogen and oxygen atoms in total. The molecule has 6 heteroatoms. The summed E-state index contributed by atoms with van der Waals surface area (Å²) in [5, 5.41) is 18.8. The summed E-state index contributed by atoms with van der Waals surface area (Å²) < 4.78 is 0. The Hall–Kier alpha value is -1.24. The maximum absolute atomic E-state index is 10.5. The zero-order chi connectivity index (χ0) is 17.6. The van der Waals surface area contributed by atoms with Crippen LogP contribution in [-0.2, 0) is 0 Å². The second-order valence-electron chi connectivity index (χ2n) is 7.90. The van der Waals surface area contributed by atoms with Gasteiger partial charge in [-0.15, -0.1) is 5.10 Å². The van der Waals surface area contributed by atoms with Crippen molar-refractivity contribution >= 4 is 5.82 Å². The molecule has 25 heavy (non-hydrogen) atoms. The van der Waals surface area contributed by atoms with Crippen molar-refractivity contribution in [1.82, 2.24) is 20.0 Å². The fourth-order valence-corrected chi connectivity index (χ4v) is 4.07. The number of aliphatic hydroxyl groups is 1. The smallest absolute Gasteiger partial charge is 0.151 e.